The lowest BCUT2D eigenvalue weighted by Crippen LogP contribution is -2.24. The molecule has 1 rings (SSSR count). The van der Waals surface area contributed by atoms with Crippen LogP contribution in [0.5, 0.6) is 0 Å². The topological polar surface area (TPSA) is 55.1 Å². The minimum absolute atomic E-state index is 0.225. The molecule has 0 aliphatic carbocycles. The van der Waals surface area contributed by atoms with Gasteiger partial charge in [0.2, 0.25) is 0 Å². The molecule has 0 aliphatic heterocycles. The fraction of sp³-hybridized carbons (Fsp3) is 0.100. The molecule has 0 fully saturated rings. The van der Waals surface area contributed by atoms with E-state index in [1.165, 1.54) is 6.07 Å². The number of nitrogens with two attached hydrogens (primary N) is 1. The molecule has 0 radical (unpaired) electrons. The molecule has 3 nitrogen and oxygen atoms in total. The summed E-state index contributed by atoms with van der Waals surface area (Å²) in [6, 6.07) is 4.67. The first-order valence-corrected chi connectivity index (χ1v) is 4.93. The Labute approximate surface area is 97.9 Å². The van der Waals surface area contributed by atoms with Crippen LogP contribution in [0.1, 0.15) is 10.4 Å². The quantitative estimate of drug-likeness (QED) is 0.803. The van der Waals surface area contributed by atoms with Crippen molar-refractivity contribution in [1.29, 1.82) is 0 Å². The molecule has 0 saturated heterocycles. The van der Waals surface area contributed by atoms with Crippen molar-refractivity contribution in [3.8, 4) is 0 Å². The van der Waals surface area contributed by atoms with Gasteiger partial charge in [0.05, 0.1) is 17.3 Å². The molecule has 0 aromatic heterocycles. The number of amides is 1. The predicted octanol–water partition coefficient (Wildman–Crippen LogP) is 2.40. The zero-order valence-electron chi connectivity index (χ0n) is 7.89. The number of anilines is 1. The van der Waals surface area contributed by atoms with Gasteiger partial charge in [0.15, 0.2) is 0 Å². The number of nitrogen functional groups attached to an aromatic ring is 1. The highest BCUT2D eigenvalue weighted by Crippen LogP contribution is 2.19. The molecule has 15 heavy (non-hydrogen) atoms. The van der Waals surface area contributed by atoms with Gasteiger partial charge in [-0.3, -0.25) is 4.79 Å². The summed E-state index contributed by atoms with van der Waals surface area (Å²) < 4.78 is 0. The molecule has 1 amide bonds. The lowest BCUT2D eigenvalue weighted by Gasteiger charge is -2.05. The summed E-state index contributed by atoms with van der Waals surface area (Å²) in [6.07, 6.45) is 0. The molecule has 3 N–H and O–H groups in total. The number of rotatable bonds is 3. The number of hydrogen-bond donors (Lipinski definition) is 2. The number of halogens is 2. The minimum Gasteiger partial charge on any atom is -0.398 e. The third kappa shape index (κ3) is 3.46. The highest BCUT2D eigenvalue weighted by molar-refractivity contribution is 6.33. The van der Waals surface area contributed by atoms with Crippen LogP contribution in [0.4, 0.5) is 5.69 Å². The number of nitrogens with one attached hydrogen (secondary N) is 1. The van der Waals surface area contributed by atoms with E-state index in [2.05, 4.69) is 11.9 Å². The highest BCUT2D eigenvalue weighted by Gasteiger charge is 2.06. The molecule has 1 aromatic rings. The summed E-state index contributed by atoms with van der Waals surface area (Å²) in [7, 11) is 0. The predicted molar refractivity (Wildman–Crippen MR) is 63.2 cm³/mol. The summed E-state index contributed by atoms with van der Waals surface area (Å²) in [5.41, 5.74) is 6.39. The number of hydrogen-bond acceptors (Lipinski definition) is 2. The first-order valence-electron chi connectivity index (χ1n) is 4.17. The van der Waals surface area contributed by atoms with E-state index in [9.17, 15) is 4.79 Å². The molecule has 0 unspecified atom stereocenters. The third-order valence-corrected chi connectivity index (χ3v) is 2.16. The average Bonchev–Trinajstić information content (AvgIpc) is 2.18. The van der Waals surface area contributed by atoms with E-state index in [0.717, 1.165) is 0 Å². The van der Waals surface area contributed by atoms with Crippen LogP contribution < -0.4 is 11.1 Å². The smallest absolute Gasteiger partial charge is 0.251 e. The summed E-state index contributed by atoms with van der Waals surface area (Å²) in [5, 5.41) is 3.29. The van der Waals surface area contributed by atoms with Crippen molar-refractivity contribution < 1.29 is 4.79 Å². The SMILES string of the molecule is C=C(Cl)CNC(=O)c1ccc(N)c(Cl)c1. The molecule has 0 heterocycles. The fourth-order valence-electron chi connectivity index (χ4n) is 0.947. The maximum absolute atomic E-state index is 11.5. The molecular weight excluding hydrogens is 235 g/mol. The Morgan fingerprint density at radius 3 is 2.73 bits per heavy atom. The Kier molecular flexibility index (Phi) is 4.00. The summed E-state index contributed by atoms with van der Waals surface area (Å²) in [5.74, 6) is -0.265. The summed E-state index contributed by atoms with van der Waals surface area (Å²) in [6.45, 7) is 3.68. The Morgan fingerprint density at radius 2 is 2.20 bits per heavy atom. The van der Waals surface area contributed by atoms with Crippen LogP contribution in [0.2, 0.25) is 5.02 Å². The van der Waals surface area contributed by atoms with Gasteiger partial charge in [-0.05, 0) is 18.2 Å². The lowest BCUT2D eigenvalue weighted by atomic mass is 10.2. The van der Waals surface area contributed by atoms with Crippen molar-refractivity contribution in [1.82, 2.24) is 5.32 Å². The van der Waals surface area contributed by atoms with Crippen LogP contribution in [-0.2, 0) is 0 Å². The van der Waals surface area contributed by atoms with Gasteiger partial charge in [-0.15, -0.1) is 0 Å². The number of carbonyl (C=O) groups is 1. The Hall–Kier alpha value is -1.19. The van der Waals surface area contributed by atoms with E-state index in [0.29, 0.717) is 21.3 Å². The Morgan fingerprint density at radius 1 is 1.53 bits per heavy atom. The highest BCUT2D eigenvalue weighted by atomic mass is 35.5. The van der Waals surface area contributed by atoms with E-state index < -0.39 is 0 Å². The average molecular weight is 245 g/mol. The van der Waals surface area contributed by atoms with Crippen LogP contribution in [0, 0.1) is 0 Å². The van der Waals surface area contributed by atoms with Gasteiger partial charge in [0.1, 0.15) is 0 Å². The summed E-state index contributed by atoms with van der Waals surface area (Å²) >= 11 is 11.3. The third-order valence-electron chi connectivity index (χ3n) is 1.70. The van der Waals surface area contributed by atoms with Crippen molar-refractivity contribution in [2.75, 3.05) is 12.3 Å². The minimum atomic E-state index is -0.265. The van der Waals surface area contributed by atoms with Gasteiger partial charge in [-0.1, -0.05) is 29.8 Å². The second-order valence-electron chi connectivity index (χ2n) is 2.94. The summed E-state index contributed by atoms with van der Waals surface area (Å²) in [4.78, 5) is 11.5. The first kappa shape index (κ1) is 11.9. The standard InChI is InChI=1S/C10H10Cl2N2O/c1-6(11)5-14-10(15)7-2-3-9(13)8(12)4-7/h2-4H,1,5,13H2,(H,14,15). The second-order valence-corrected chi connectivity index (χ2v) is 3.88. The molecule has 0 atom stereocenters. The van der Waals surface area contributed by atoms with Crippen LogP contribution in [0.3, 0.4) is 0 Å². The van der Waals surface area contributed by atoms with E-state index in [1.54, 1.807) is 12.1 Å². The van der Waals surface area contributed by atoms with Gasteiger partial charge in [-0.25, -0.2) is 0 Å². The van der Waals surface area contributed by atoms with Crippen LogP contribution in [-0.4, -0.2) is 12.5 Å². The first-order chi connectivity index (χ1) is 7.00. The Balaban J connectivity index is 2.74. The van der Waals surface area contributed by atoms with E-state index in [1.807, 2.05) is 0 Å². The lowest BCUT2D eigenvalue weighted by molar-refractivity contribution is 0.0957. The fourth-order valence-corrected chi connectivity index (χ4v) is 1.19. The van der Waals surface area contributed by atoms with Crippen LogP contribution in [0.25, 0.3) is 0 Å². The number of carbonyl (C=O) groups excluding carboxylic acids is 1. The van der Waals surface area contributed by atoms with Crippen molar-refractivity contribution in [3.05, 3.63) is 40.4 Å². The molecule has 1 aromatic carbocycles. The van der Waals surface area contributed by atoms with Gasteiger partial charge in [-0.2, -0.15) is 0 Å². The number of benzene rings is 1. The molecule has 5 heteroatoms. The molecule has 0 spiro atoms. The zero-order valence-corrected chi connectivity index (χ0v) is 9.40. The monoisotopic (exact) mass is 244 g/mol. The maximum Gasteiger partial charge on any atom is 0.251 e. The van der Waals surface area contributed by atoms with Crippen molar-refractivity contribution in [2.45, 2.75) is 0 Å². The largest absolute Gasteiger partial charge is 0.398 e. The van der Waals surface area contributed by atoms with Crippen molar-refractivity contribution in [3.63, 3.8) is 0 Å². The normalized spacial score (nSPS) is 9.73. The van der Waals surface area contributed by atoms with Crippen LogP contribution in [0.15, 0.2) is 29.8 Å². The van der Waals surface area contributed by atoms with Gasteiger partial charge < -0.3 is 11.1 Å². The van der Waals surface area contributed by atoms with Gasteiger partial charge in [0, 0.05) is 10.6 Å². The van der Waals surface area contributed by atoms with Crippen molar-refractivity contribution in [2.24, 2.45) is 0 Å². The maximum atomic E-state index is 11.5. The van der Waals surface area contributed by atoms with E-state index in [-0.39, 0.29) is 12.5 Å². The van der Waals surface area contributed by atoms with Gasteiger partial charge >= 0.3 is 0 Å². The molecule has 0 bridgehead atoms. The van der Waals surface area contributed by atoms with E-state index >= 15 is 0 Å². The molecular formula is C10H10Cl2N2O. The molecule has 0 aliphatic rings. The van der Waals surface area contributed by atoms with Crippen molar-refractivity contribution >= 4 is 34.8 Å². The van der Waals surface area contributed by atoms with Crippen LogP contribution >= 0.6 is 23.2 Å². The second kappa shape index (κ2) is 5.05. The molecule has 80 valence electrons. The molecule has 0 saturated carbocycles. The van der Waals surface area contributed by atoms with Gasteiger partial charge in [0.25, 0.3) is 5.91 Å². The Bertz CT molecular complexity index is 404. The van der Waals surface area contributed by atoms with E-state index in [4.69, 9.17) is 28.9 Å². The zero-order chi connectivity index (χ0) is 11.4.